The number of piperidine rings is 1. The van der Waals surface area contributed by atoms with Crippen LogP contribution in [0.15, 0.2) is 42.5 Å². The summed E-state index contributed by atoms with van der Waals surface area (Å²) in [5.74, 6) is 1.21. The molecule has 1 fully saturated rings. The molecular weight excluding hydrogens is 432 g/mol. The molecule has 0 spiro atoms. The fourth-order valence-electron chi connectivity index (χ4n) is 5.02. The summed E-state index contributed by atoms with van der Waals surface area (Å²) in [5, 5.41) is 14.1. The van der Waals surface area contributed by atoms with Gasteiger partial charge in [0.2, 0.25) is 5.91 Å². The smallest absolute Gasteiger partial charge is 0.220 e. The van der Waals surface area contributed by atoms with Crippen LogP contribution in [-0.2, 0) is 28.6 Å². The fourth-order valence-corrected chi connectivity index (χ4v) is 5.02. The monoisotopic (exact) mass is 478 g/mol. The van der Waals surface area contributed by atoms with Crippen LogP contribution in [0.2, 0.25) is 0 Å². The zero-order valence-electron chi connectivity index (χ0n) is 22.8. The Kier molecular flexibility index (Phi) is 9.04. The normalized spacial score (nSPS) is 15.8. The first kappa shape index (κ1) is 27.3. The lowest BCUT2D eigenvalue weighted by atomic mass is 9.78. The van der Waals surface area contributed by atoms with Gasteiger partial charge in [0, 0.05) is 19.5 Å². The molecule has 0 radical (unpaired) electrons. The molecule has 0 bridgehead atoms. The van der Waals surface area contributed by atoms with E-state index in [2.05, 4.69) is 94.2 Å². The highest BCUT2D eigenvalue weighted by Gasteiger charge is 2.26. The van der Waals surface area contributed by atoms with E-state index in [1.807, 2.05) is 0 Å². The van der Waals surface area contributed by atoms with Gasteiger partial charge in [0.05, 0.1) is 0 Å². The second kappa shape index (κ2) is 11.6. The summed E-state index contributed by atoms with van der Waals surface area (Å²) in [4.78, 5) is 15.1. The third-order valence-electron chi connectivity index (χ3n) is 7.26. The van der Waals surface area contributed by atoms with Crippen molar-refractivity contribution >= 4 is 5.91 Å². The van der Waals surface area contributed by atoms with Crippen LogP contribution >= 0.6 is 0 Å². The predicted molar refractivity (Wildman–Crippen MR) is 146 cm³/mol. The molecule has 192 valence electrons. The largest absolute Gasteiger partial charge is 0.507 e. The zero-order chi connectivity index (χ0) is 25.6. The first-order valence-electron chi connectivity index (χ1n) is 13.3. The van der Waals surface area contributed by atoms with Crippen LogP contribution in [0, 0.1) is 5.92 Å². The fraction of sp³-hybridized carbons (Fsp3) is 0.581. The molecule has 1 aliphatic heterocycles. The molecule has 0 aromatic heterocycles. The SMILES string of the molecule is CC(C)(C)c1cc(CCC(=O)NCCC2CCN(Cc3ccccc3)CC2)cc(C(C)(C)C)c1O. The van der Waals surface area contributed by atoms with Crippen molar-refractivity contribution in [2.45, 2.75) is 91.0 Å². The Labute approximate surface area is 213 Å². The lowest BCUT2D eigenvalue weighted by molar-refractivity contribution is -0.121. The number of hydrogen-bond acceptors (Lipinski definition) is 3. The van der Waals surface area contributed by atoms with Gasteiger partial charge in [-0.15, -0.1) is 0 Å². The molecule has 35 heavy (non-hydrogen) atoms. The molecule has 3 rings (SSSR count). The lowest BCUT2D eigenvalue weighted by Crippen LogP contribution is -2.34. The average Bonchev–Trinajstić information content (AvgIpc) is 2.78. The van der Waals surface area contributed by atoms with E-state index in [-0.39, 0.29) is 16.7 Å². The second-order valence-corrected chi connectivity index (χ2v) is 12.4. The standard InChI is InChI=1S/C31H46N2O2/c1-30(2,3)26-20-25(21-27(29(26)35)31(4,5)6)12-13-28(34)32-17-14-23-15-18-33(19-16-23)22-24-10-8-7-9-11-24/h7-11,20-21,23,35H,12-19,22H2,1-6H3,(H,32,34). The van der Waals surface area contributed by atoms with Crippen molar-refractivity contribution in [1.82, 2.24) is 10.2 Å². The summed E-state index contributed by atoms with van der Waals surface area (Å²) in [6.45, 7) is 16.8. The topological polar surface area (TPSA) is 52.6 Å². The molecule has 2 aromatic rings. The quantitative estimate of drug-likeness (QED) is 0.466. The maximum atomic E-state index is 12.6. The lowest BCUT2D eigenvalue weighted by Gasteiger charge is -2.32. The molecule has 1 amide bonds. The van der Waals surface area contributed by atoms with E-state index >= 15 is 0 Å². The molecule has 1 saturated heterocycles. The number of carbonyl (C=O) groups is 1. The van der Waals surface area contributed by atoms with E-state index in [9.17, 15) is 9.90 Å². The van der Waals surface area contributed by atoms with Crippen LogP contribution in [0.1, 0.15) is 89.5 Å². The minimum absolute atomic E-state index is 0.120. The Balaban J connectivity index is 1.44. The third-order valence-corrected chi connectivity index (χ3v) is 7.26. The number of carbonyl (C=O) groups excluding carboxylic acids is 1. The van der Waals surface area contributed by atoms with Gasteiger partial charge in [-0.2, -0.15) is 0 Å². The number of nitrogens with zero attached hydrogens (tertiary/aromatic N) is 1. The molecule has 0 atom stereocenters. The van der Waals surface area contributed by atoms with E-state index in [0.717, 1.165) is 49.3 Å². The molecule has 1 aliphatic rings. The minimum atomic E-state index is -0.154. The Morgan fingerprint density at radius 3 is 2.06 bits per heavy atom. The van der Waals surface area contributed by atoms with Gasteiger partial charge in [-0.3, -0.25) is 9.69 Å². The van der Waals surface area contributed by atoms with Crippen molar-refractivity contribution in [3.8, 4) is 5.75 Å². The van der Waals surface area contributed by atoms with E-state index in [1.165, 1.54) is 18.4 Å². The van der Waals surface area contributed by atoms with Crippen LogP contribution < -0.4 is 5.32 Å². The minimum Gasteiger partial charge on any atom is -0.507 e. The van der Waals surface area contributed by atoms with Crippen LogP contribution in [-0.4, -0.2) is 35.5 Å². The highest BCUT2D eigenvalue weighted by molar-refractivity contribution is 5.76. The van der Waals surface area contributed by atoms with Crippen molar-refractivity contribution in [2.24, 2.45) is 5.92 Å². The van der Waals surface area contributed by atoms with Crippen molar-refractivity contribution < 1.29 is 9.90 Å². The van der Waals surface area contributed by atoms with Crippen molar-refractivity contribution in [2.75, 3.05) is 19.6 Å². The number of amides is 1. The number of nitrogens with one attached hydrogen (secondary N) is 1. The highest BCUT2D eigenvalue weighted by Crippen LogP contribution is 2.40. The van der Waals surface area contributed by atoms with Crippen LogP contribution in [0.4, 0.5) is 0 Å². The Hall–Kier alpha value is -2.33. The Morgan fingerprint density at radius 1 is 0.943 bits per heavy atom. The molecule has 0 saturated carbocycles. The summed E-state index contributed by atoms with van der Waals surface area (Å²) in [6.07, 6.45) is 4.65. The summed E-state index contributed by atoms with van der Waals surface area (Å²) in [7, 11) is 0. The van der Waals surface area contributed by atoms with Crippen molar-refractivity contribution in [3.05, 3.63) is 64.7 Å². The molecule has 2 aromatic carbocycles. The van der Waals surface area contributed by atoms with Crippen LogP contribution in [0.25, 0.3) is 0 Å². The van der Waals surface area contributed by atoms with Crippen molar-refractivity contribution in [3.63, 3.8) is 0 Å². The Morgan fingerprint density at radius 2 is 1.51 bits per heavy atom. The number of likely N-dealkylation sites (tertiary alicyclic amines) is 1. The maximum absolute atomic E-state index is 12.6. The first-order chi connectivity index (χ1) is 16.4. The molecule has 0 aliphatic carbocycles. The van der Waals surface area contributed by atoms with Gasteiger partial charge in [-0.25, -0.2) is 0 Å². The molecule has 4 nitrogen and oxygen atoms in total. The second-order valence-electron chi connectivity index (χ2n) is 12.4. The van der Waals surface area contributed by atoms with Gasteiger partial charge in [-0.1, -0.05) is 84.0 Å². The number of hydrogen-bond donors (Lipinski definition) is 2. The Bertz CT molecular complexity index is 927. The highest BCUT2D eigenvalue weighted by atomic mass is 16.3. The third kappa shape index (κ3) is 8.10. The van der Waals surface area contributed by atoms with Gasteiger partial charge in [0.15, 0.2) is 0 Å². The zero-order valence-corrected chi connectivity index (χ0v) is 22.8. The molecular formula is C31H46N2O2. The van der Waals surface area contributed by atoms with Gasteiger partial charge in [-0.05, 0) is 77.8 Å². The summed E-state index contributed by atoms with van der Waals surface area (Å²) in [5.41, 5.74) is 4.12. The number of phenols is 1. The van der Waals surface area contributed by atoms with Gasteiger partial charge >= 0.3 is 0 Å². The van der Waals surface area contributed by atoms with Crippen molar-refractivity contribution in [1.29, 1.82) is 0 Å². The molecule has 0 unspecified atom stereocenters. The van der Waals surface area contributed by atoms with Gasteiger partial charge < -0.3 is 10.4 Å². The van der Waals surface area contributed by atoms with E-state index in [4.69, 9.17) is 0 Å². The summed E-state index contributed by atoms with van der Waals surface area (Å²) in [6, 6.07) is 14.9. The summed E-state index contributed by atoms with van der Waals surface area (Å²) < 4.78 is 0. The van der Waals surface area contributed by atoms with Gasteiger partial charge in [0.25, 0.3) is 0 Å². The number of phenolic OH excluding ortho intramolecular Hbond substituents is 1. The van der Waals surface area contributed by atoms with E-state index in [1.54, 1.807) is 0 Å². The maximum Gasteiger partial charge on any atom is 0.220 e. The summed E-state index contributed by atoms with van der Waals surface area (Å²) >= 11 is 0. The number of rotatable bonds is 8. The van der Waals surface area contributed by atoms with Gasteiger partial charge in [0.1, 0.15) is 5.75 Å². The average molecular weight is 479 g/mol. The first-order valence-corrected chi connectivity index (χ1v) is 13.3. The number of aryl methyl sites for hydroxylation is 1. The number of aromatic hydroxyl groups is 1. The van der Waals surface area contributed by atoms with Crippen LogP contribution in [0.3, 0.4) is 0 Å². The molecule has 1 heterocycles. The van der Waals surface area contributed by atoms with E-state index < -0.39 is 0 Å². The number of benzene rings is 2. The molecule has 4 heteroatoms. The van der Waals surface area contributed by atoms with E-state index in [0.29, 0.717) is 24.5 Å². The van der Waals surface area contributed by atoms with Crippen LogP contribution in [0.5, 0.6) is 5.75 Å². The predicted octanol–water partition coefficient (Wildman–Crippen LogP) is 6.34. The molecule has 2 N–H and O–H groups in total.